The molecular formula is C12H28NO2PS. The van der Waals surface area contributed by atoms with Crippen LogP contribution in [0.4, 0.5) is 0 Å². The Morgan fingerprint density at radius 1 is 0.882 bits per heavy atom. The first-order valence-corrected chi connectivity index (χ1v) is 9.38. The van der Waals surface area contributed by atoms with Crippen LogP contribution in [0.1, 0.15) is 53.4 Å². The maximum atomic E-state index is 5.76. The van der Waals surface area contributed by atoms with Crippen molar-refractivity contribution in [2.75, 3.05) is 26.3 Å². The van der Waals surface area contributed by atoms with Crippen molar-refractivity contribution in [1.29, 1.82) is 0 Å². The fourth-order valence-corrected chi connectivity index (χ4v) is 4.51. The van der Waals surface area contributed by atoms with E-state index in [9.17, 15) is 0 Å². The predicted molar refractivity (Wildman–Crippen MR) is 78.9 cm³/mol. The maximum Gasteiger partial charge on any atom is 0.263 e. The van der Waals surface area contributed by atoms with E-state index in [0.717, 1.165) is 25.9 Å². The van der Waals surface area contributed by atoms with Crippen LogP contribution in [-0.2, 0) is 20.9 Å². The third-order valence-electron chi connectivity index (χ3n) is 2.47. The molecule has 0 heterocycles. The Morgan fingerprint density at radius 2 is 1.29 bits per heavy atom. The van der Waals surface area contributed by atoms with E-state index in [4.69, 9.17) is 20.9 Å². The van der Waals surface area contributed by atoms with Crippen LogP contribution >= 0.6 is 6.64 Å². The number of unbranched alkanes of at least 4 members (excludes halogenated alkanes) is 2. The Labute approximate surface area is 112 Å². The van der Waals surface area contributed by atoms with E-state index in [1.807, 2.05) is 13.8 Å². The second-order valence-corrected chi connectivity index (χ2v) is 7.37. The van der Waals surface area contributed by atoms with Gasteiger partial charge in [0.25, 0.3) is 6.64 Å². The fourth-order valence-electron chi connectivity index (χ4n) is 1.56. The third kappa shape index (κ3) is 6.88. The van der Waals surface area contributed by atoms with E-state index in [-0.39, 0.29) is 0 Å². The molecule has 0 aromatic rings. The van der Waals surface area contributed by atoms with Crippen molar-refractivity contribution in [2.24, 2.45) is 0 Å². The first-order valence-electron chi connectivity index (χ1n) is 6.79. The second kappa shape index (κ2) is 10.5. The monoisotopic (exact) mass is 281 g/mol. The smallest absolute Gasteiger partial charge is 0.263 e. The van der Waals surface area contributed by atoms with Gasteiger partial charge in [-0.1, -0.05) is 26.7 Å². The highest BCUT2D eigenvalue weighted by Gasteiger charge is 2.26. The standard InChI is InChI=1S/C12H28NO2PS/c1-5-9-11-13(12-10-6-2)16(17,14-7-3)15-8-4/h5-12H2,1-4H3. The van der Waals surface area contributed by atoms with Crippen LogP contribution in [0.5, 0.6) is 0 Å². The number of nitrogens with zero attached hydrogens (tertiary/aromatic N) is 1. The molecular weight excluding hydrogens is 253 g/mol. The molecule has 3 nitrogen and oxygen atoms in total. The Morgan fingerprint density at radius 3 is 1.59 bits per heavy atom. The molecule has 0 bridgehead atoms. The average molecular weight is 281 g/mol. The molecule has 0 aromatic carbocycles. The van der Waals surface area contributed by atoms with Crippen molar-refractivity contribution in [3.05, 3.63) is 0 Å². The third-order valence-corrected chi connectivity index (χ3v) is 6.06. The summed E-state index contributed by atoms with van der Waals surface area (Å²) in [6.45, 7) is 9.39. The minimum Gasteiger partial charge on any atom is -0.318 e. The van der Waals surface area contributed by atoms with Gasteiger partial charge in [-0.2, -0.15) is 0 Å². The van der Waals surface area contributed by atoms with Gasteiger partial charge in [0, 0.05) is 13.1 Å². The molecule has 0 aliphatic rings. The summed E-state index contributed by atoms with van der Waals surface area (Å²) in [5, 5.41) is 0. The minimum atomic E-state index is -2.22. The van der Waals surface area contributed by atoms with E-state index in [1.165, 1.54) is 12.8 Å². The van der Waals surface area contributed by atoms with Gasteiger partial charge in [0.1, 0.15) is 0 Å². The predicted octanol–water partition coefficient (Wildman–Crippen LogP) is 4.19. The molecule has 0 unspecified atom stereocenters. The molecule has 0 atom stereocenters. The lowest BCUT2D eigenvalue weighted by atomic mass is 10.3. The van der Waals surface area contributed by atoms with E-state index in [0.29, 0.717) is 13.2 Å². The molecule has 0 saturated carbocycles. The Bertz CT molecular complexity index is 209. The molecule has 0 N–H and O–H groups in total. The summed E-state index contributed by atoms with van der Waals surface area (Å²) in [7, 11) is 0. The topological polar surface area (TPSA) is 21.7 Å². The van der Waals surface area contributed by atoms with Crippen LogP contribution in [0.25, 0.3) is 0 Å². The molecule has 0 rings (SSSR count). The van der Waals surface area contributed by atoms with E-state index < -0.39 is 6.64 Å². The molecule has 104 valence electrons. The van der Waals surface area contributed by atoms with E-state index in [1.54, 1.807) is 0 Å². The SMILES string of the molecule is CCCCN(CCCC)P(=S)(OCC)OCC. The minimum absolute atomic E-state index is 0.631. The highest BCUT2D eigenvalue weighted by molar-refractivity contribution is 8.08. The van der Waals surface area contributed by atoms with Crippen molar-refractivity contribution < 1.29 is 9.05 Å². The van der Waals surface area contributed by atoms with Gasteiger partial charge in [0.15, 0.2) is 0 Å². The molecule has 17 heavy (non-hydrogen) atoms. The number of hydrogen-bond donors (Lipinski definition) is 0. The molecule has 0 aromatic heterocycles. The zero-order valence-electron chi connectivity index (χ0n) is 11.8. The van der Waals surface area contributed by atoms with Crippen LogP contribution in [0.15, 0.2) is 0 Å². The average Bonchev–Trinajstić information content (AvgIpc) is 2.29. The molecule has 0 aliphatic heterocycles. The van der Waals surface area contributed by atoms with Crippen LogP contribution in [0.3, 0.4) is 0 Å². The Kier molecular flexibility index (Phi) is 10.8. The van der Waals surface area contributed by atoms with Gasteiger partial charge in [-0.25, -0.2) is 4.67 Å². The van der Waals surface area contributed by atoms with Crippen LogP contribution in [-0.4, -0.2) is 31.0 Å². The highest BCUT2D eigenvalue weighted by atomic mass is 32.5. The van der Waals surface area contributed by atoms with Gasteiger partial charge in [0.05, 0.1) is 13.2 Å². The number of rotatable bonds is 11. The molecule has 0 fully saturated rings. The fraction of sp³-hybridized carbons (Fsp3) is 1.00. The lowest BCUT2D eigenvalue weighted by molar-refractivity contribution is 0.212. The van der Waals surface area contributed by atoms with E-state index >= 15 is 0 Å². The van der Waals surface area contributed by atoms with Crippen molar-refractivity contribution in [3.63, 3.8) is 0 Å². The van der Waals surface area contributed by atoms with Gasteiger partial charge in [-0.15, -0.1) is 0 Å². The van der Waals surface area contributed by atoms with Crippen LogP contribution < -0.4 is 0 Å². The summed E-state index contributed by atoms with van der Waals surface area (Å²) in [4.78, 5) is 0. The van der Waals surface area contributed by atoms with Crippen LogP contribution in [0, 0.1) is 0 Å². The molecule has 5 heteroatoms. The summed E-state index contributed by atoms with van der Waals surface area (Å²) in [6.07, 6.45) is 4.66. The highest BCUT2D eigenvalue weighted by Crippen LogP contribution is 2.52. The van der Waals surface area contributed by atoms with Gasteiger partial charge in [0.2, 0.25) is 0 Å². The first-order chi connectivity index (χ1) is 8.14. The zero-order valence-corrected chi connectivity index (χ0v) is 13.5. The van der Waals surface area contributed by atoms with Gasteiger partial charge in [-0.3, -0.25) is 0 Å². The largest absolute Gasteiger partial charge is 0.318 e. The van der Waals surface area contributed by atoms with Crippen LogP contribution in [0.2, 0.25) is 0 Å². The second-order valence-electron chi connectivity index (χ2n) is 3.96. The summed E-state index contributed by atoms with van der Waals surface area (Å²) < 4.78 is 13.8. The number of hydrogen-bond acceptors (Lipinski definition) is 3. The summed E-state index contributed by atoms with van der Waals surface area (Å²) in [5.41, 5.74) is 0. The van der Waals surface area contributed by atoms with E-state index in [2.05, 4.69) is 18.5 Å². The summed E-state index contributed by atoms with van der Waals surface area (Å²) in [5.74, 6) is 0. The van der Waals surface area contributed by atoms with Crippen molar-refractivity contribution in [1.82, 2.24) is 4.67 Å². The maximum absolute atomic E-state index is 5.76. The normalized spacial score (nSPS) is 12.3. The zero-order chi connectivity index (χ0) is 13.1. The first kappa shape index (κ1) is 17.5. The lowest BCUT2D eigenvalue weighted by Crippen LogP contribution is -2.25. The lowest BCUT2D eigenvalue weighted by Gasteiger charge is -2.33. The molecule has 0 radical (unpaired) electrons. The van der Waals surface area contributed by atoms with Gasteiger partial charge >= 0.3 is 0 Å². The van der Waals surface area contributed by atoms with Crippen molar-refractivity contribution in [2.45, 2.75) is 53.4 Å². The summed E-state index contributed by atoms with van der Waals surface area (Å²) in [6, 6.07) is 0. The van der Waals surface area contributed by atoms with Crippen molar-refractivity contribution >= 4 is 18.4 Å². The van der Waals surface area contributed by atoms with Gasteiger partial charge < -0.3 is 9.05 Å². The molecule has 0 saturated heterocycles. The quantitative estimate of drug-likeness (QED) is 0.529. The molecule has 0 amide bonds. The van der Waals surface area contributed by atoms with Gasteiger partial charge in [-0.05, 0) is 38.5 Å². The Balaban J connectivity index is 4.59. The molecule has 0 spiro atoms. The van der Waals surface area contributed by atoms with Crippen molar-refractivity contribution in [3.8, 4) is 0 Å². The molecule has 0 aliphatic carbocycles. The summed E-state index contributed by atoms with van der Waals surface area (Å²) >= 11 is 5.64. The Hall–Kier alpha value is 0.530.